The molecule has 4 nitrogen and oxygen atoms in total. The van der Waals surface area contributed by atoms with Crippen molar-refractivity contribution >= 4 is 28.6 Å². The van der Waals surface area contributed by atoms with E-state index < -0.39 is 0 Å². The Morgan fingerprint density at radius 1 is 1.43 bits per heavy atom. The van der Waals surface area contributed by atoms with Crippen LogP contribution < -0.4 is 5.73 Å². The van der Waals surface area contributed by atoms with Crippen LogP contribution >= 0.6 is 22.7 Å². The molecule has 6 heteroatoms. The lowest BCUT2D eigenvalue weighted by Crippen LogP contribution is -2.36. The first kappa shape index (κ1) is 16.1. The lowest BCUT2D eigenvalue weighted by molar-refractivity contribution is 0.0687. The fourth-order valence-electron chi connectivity index (χ4n) is 2.02. The number of carbonyl (C=O) groups is 1. The Bertz CT molecular complexity index is 604. The Morgan fingerprint density at radius 3 is 2.76 bits per heavy atom. The molecule has 0 saturated carbocycles. The van der Waals surface area contributed by atoms with Gasteiger partial charge in [-0.3, -0.25) is 4.79 Å². The maximum Gasteiger partial charge on any atom is 0.273 e. The van der Waals surface area contributed by atoms with Crippen molar-refractivity contribution in [1.82, 2.24) is 9.88 Å². The second kappa shape index (κ2) is 7.15. The van der Waals surface area contributed by atoms with Crippen LogP contribution in [0.5, 0.6) is 0 Å². The van der Waals surface area contributed by atoms with E-state index in [2.05, 4.69) is 24.0 Å². The van der Waals surface area contributed by atoms with E-state index in [4.69, 9.17) is 5.73 Å². The average molecular weight is 323 g/mol. The van der Waals surface area contributed by atoms with Gasteiger partial charge in [-0.15, -0.1) is 22.7 Å². The van der Waals surface area contributed by atoms with E-state index in [1.807, 2.05) is 24.1 Å². The quantitative estimate of drug-likeness (QED) is 0.889. The summed E-state index contributed by atoms with van der Waals surface area (Å²) in [7, 11) is 0. The Morgan fingerprint density at radius 2 is 2.19 bits per heavy atom. The highest BCUT2D eigenvalue weighted by molar-refractivity contribution is 7.11. The Balaban J connectivity index is 2.14. The van der Waals surface area contributed by atoms with E-state index in [-0.39, 0.29) is 11.9 Å². The van der Waals surface area contributed by atoms with Crippen LogP contribution in [0.2, 0.25) is 0 Å². The van der Waals surface area contributed by atoms with Gasteiger partial charge >= 0.3 is 0 Å². The van der Waals surface area contributed by atoms with Crippen LogP contribution in [-0.2, 0) is 13.0 Å². The minimum absolute atomic E-state index is 0.00410. The third-order valence-electron chi connectivity index (χ3n) is 3.14. The summed E-state index contributed by atoms with van der Waals surface area (Å²) in [5.41, 5.74) is 6.06. The highest BCUT2D eigenvalue weighted by Gasteiger charge is 2.22. The number of thiophene rings is 1. The zero-order valence-corrected chi connectivity index (χ0v) is 14.3. The number of nitrogens with two attached hydrogens (primary N) is 1. The zero-order chi connectivity index (χ0) is 15.4. The van der Waals surface area contributed by atoms with Crippen molar-refractivity contribution in [1.29, 1.82) is 0 Å². The molecule has 1 amide bonds. The van der Waals surface area contributed by atoms with Gasteiger partial charge in [-0.2, -0.15) is 0 Å². The van der Waals surface area contributed by atoms with Gasteiger partial charge < -0.3 is 10.6 Å². The minimum Gasteiger partial charge on any atom is -0.330 e. The largest absolute Gasteiger partial charge is 0.330 e. The van der Waals surface area contributed by atoms with E-state index in [0.717, 1.165) is 11.4 Å². The molecule has 0 atom stereocenters. The predicted molar refractivity (Wildman–Crippen MR) is 88.9 cm³/mol. The molecule has 0 saturated heterocycles. The molecule has 2 aromatic heterocycles. The van der Waals surface area contributed by atoms with E-state index >= 15 is 0 Å². The molecule has 0 fully saturated rings. The molecule has 0 unspecified atom stereocenters. The molecule has 2 rings (SSSR count). The van der Waals surface area contributed by atoms with Gasteiger partial charge in [-0.1, -0.05) is 0 Å². The number of nitrogens with zero attached hydrogens (tertiary/aromatic N) is 2. The molecule has 0 spiro atoms. The second-order valence-electron chi connectivity index (χ2n) is 5.20. The Labute approximate surface area is 133 Å². The molecule has 0 aromatic carbocycles. The van der Waals surface area contributed by atoms with Crippen LogP contribution in [0.3, 0.4) is 0 Å². The summed E-state index contributed by atoms with van der Waals surface area (Å²) < 4.78 is 0. The van der Waals surface area contributed by atoms with E-state index in [0.29, 0.717) is 18.8 Å². The van der Waals surface area contributed by atoms with Crippen LogP contribution in [0, 0.1) is 6.92 Å². The number of thiazole rings is 1. The van der Waals surface area contributed by atoms with Crippen LogP contribution in [-0.4, -0.2) is 28.4 Å². The maximum atomic E-state index is 12.7. The van der Waals surface area contributed by atoms with Gasteiger partial charge in [0.25, 0.3) is 5.91 Å². The summed E-state index contributed by atoms with van der Waals surface area (Å²) >= 11 is 3.24. The van der Waals surface area contributed by atoms with Gasteiger partial charge in [-0.25, -0.2) is 4.98 Å². The first-order valence-electron chi connectivity index (χ1n) is 7.02. The van der Waals surface area contributed by atoms with E-state index in [9.17, 15) is 4.79 Å². The number of hydrogen-bond donors (Lipinski definition) is 1. The number of amides is 1. The zero-order valence-electron chi connectivity index (χ0n) is 12.6. The summed E-state index contributed by atoms with van der Waals surface area (Å²) in [6.45, 7) is 7.34. The van der Waals surface area contributed by atoms with Crippen molar-refractivity contribution in [3.8, 4) is 0 Å². The third kappa shape index (κ3) is 4.12. The fraction of sp³-hybridized carbons (Fsp3) is 0.467. The maximum absolute atomic E-state index is 12.7. The number of aryl methyl sites for hydroxylation is 1. The minimum atomic E-state index is -0.00410. The van der Waals surface area contributed by atoms with Gasteiger partial charge in [0, 0.05) is 27.6 Å². The number of aromatic nitrogens is 1. The van der Waals surface area contributed by atoms with E-state index in [1.54, 1.807) is 11.3 Å². The van der Waals surface area contributed by atoms with E-state index in [1.165, 1.54) is 21.1 Å². The predicted octanol–water partition coefficient (Wildman–Crippen LogP) is 3.07. The molecule has 0 aliphatic rings. The SMILES string of the molecule is Cc1ccc(CN(C(=O)c2csc(CCN)n2)C(C)C)s1. The molecule has 0 radical (unpaired) electrons. The van der Waals surface area contributed by atoms with Gasteiger partial charge in [0.1, 0.15) is 5.69 Å². The molecular weight excluding hydrogens is 302 g/mol. The second-order valence-corrected chi connectivity index (χ2v) is 7.52. The summed E-state index contributed by atoms with van der Waals surface area (Å²) in [4.78, 5) is 21.4. The molecule has 0 aliphatic heterocycles. The molecule has 2 aromatic rings. The number of hydrogen-bond acceptors (Lipinski definition) is 5. The number of carbonyl (C=O) groups excluding carboxylic acids is 1. The fourth-order valence-corrected chi connectivity index (χ4v) is 3.70. The molecule has 2 heterocycles. The van der Waals surface area contributed by atoms with Crippen molar-refractivity contribution in [3.63, 3.8) is 0 Å². The molecule has 2 N–H and O–H groups in total. The first-order valence-corrected chi connectivity index (χ1v) is 8.71. The molecule has 0 bridgehead atoms. The third-order valence-corrected chi connectivity index (χ3v) is 5.03. The molecule has 114 valence electrons. The Hall–Kier alpha value is -1.24. The summed E-state index contributed by atoms with van der Waals surface area (Å²) in [5.74, 6) is -0.00410. The van der Waals surface area contributed by atoms with Gasteiger partial charge in [0.2, 0.25) is 0 Å². The average Bonchev–Trinajstić information content (AvgIpc) is 3.05. The van der Waals surface area contributed by atoms with Gasteiger partial charge in [0.15, 0.2) is 0 Å². The molecule has 0 aliphatic carbocycles. The summed E-state index contributed by atoms with van der Waals surface area (Å²) in [6.07, 6.45) is 0.726. The highest BCUT2D eigenvalue weighted by Crippen LogP contribution is 2.20. The topological polar surface area (TPSA) is 59.2 Å². The van der Waals surface area contributed by atoms with Gasteiger partial charge in [0.05, 0.1) is 11.6 Å². The van der Waals surface area contributed by atoms with Crippen molar-refractivity contribution in [2.24, 2.45) is 5.73 Å². The van der Waals surface area contributed by atoms with Crippen LogP contribution in [0.25, 0.3) is 0 Å². The standard InChI is InChI=1S/C15H21N3OS2/c1-10(2)18(8-12-5-4-11(3)21-12)15(19)13-9-20-14(17-13)6-7-16/h4-5,9-10H,6-8,16H2,1-3H3. The highest BCUT2D eigenvalue weighted by atomic mass is 32.1. The smallest absolute Gasteiger partial charge is 0.273 e. The monoisotopic (exact) mass is 323 g/mol. The van der Waals surface area contributed by atoms with Crippen molar-refractivity contribution in [2.75, 3.05) is 6.54 Å². The first-order chi connectivity index (χ1) is 10.0. The van der Waals surface area contributed by atoms with Crippen molar-refractivity contribution < 1.29 is 4.79 Å². The van der Waals surface area contributed by atoms with Crippen molar-refractivity contribution in [2.45, 2.75) is 39.8 Å². The summed E-state index contributed by atoms with van der Waals surface area (Å²) in [5, 5.41) is 2.76. The number of rotatable bonds is 6. The Kier molecular flexibility index (Phi) is 5.50. The van der Waals surface area contributed by atoms with Crippen LogP contribution in [0.1, 0.15) is 39.1 Å². The van der Waals surface area contributed by atoms with Crippen LogP contribution in [0.4, 0.5) is 0 Å². The van der Waals surface area contributed by atoms with Gasteiger partial charge in [-0.05, 0) is 39.4 Å². The lowest BCUT2D eigenvalue weighted by atomic mass is 10.2. The lowest BCUT2D eigenvalue weighted by Gasteiger charge is -2.25. The normalized spacial score (nSPS) is 11.1. The molecule has 21 heavy (non-hydrogen) atoms. The van der Waals surface area contributed by atoms with Crippen LogP contribution in [0.15, 0.2) is 17.5 Å². The summed E-state index contributed by atoms with van der Waals surface area (Å²) in [6, 6.07) is 4.31. The molecular formula is C15H21N3OS2. The van der Waals surface area contributed by atoms with Crippen molar-refractivity contribution in [3.05, 3.63) is 38.0 Å².